The number of carbonyl (C=O) groups is 1. The van der Waals surface area contributed by atoms with E-state index in [0.29, 0.717) is 23.9 Å². The van der Waals surface area contributed by atoms with E-state index in [9.17, 15) is 13.2 Å². The third-order valence-electron chi connectivity index (χ3n) is 4.71. The largest absolute Gasteiger partial charge is 0.334 e. The second kappa shape index (κ2) is 8.68. The van der Waals surface area contributed by atoms with Gasteiger partial charge in [-0.25, -0.2) is 13.4 Å². The molecule has 0 radical (unpaired) electrons. The van der Waals surface area contributed by atoms with Crippen LogP contribution in [0.3, 0.4) is 0 Å². The molecule has 1 saturated heterocycles. The van der Waals surface area contributed by atoms with E-state index in [-0.39, 0.29) is 29.2 Å². The summed E-state index contributed by atoms with van der Waals surface area (Å²) >= 11 is 2.82. The highest BCUT2D eigenvalue weighted by Crippen LogP contribution is 2.25. The first kappa shape index (κ1) is 20.1. The van der Waals surface area contributed by atoms with Gasteiger partial charge in [0.05, 0.1) is 22.1 Å². The van der Waals surface area contributed by atoms with Crippen LogP contribution in [-0.4, -0.2) is 57.7 Å². The summed E-state index contributed by atoms with van der Waals surface area (Å²) in [5.41, 5.74) is 0.980. The maximum absolute atomic E-state index is 13.0. The first-order valence-corrected chi connectivity index (χ1v) is 12.8. The zero-order chi connectivity index (χ0) is 20.3. The van der Waals surface area contributed by atoms with Gasteiger partial charge in [0, 0.05) is 12.6 Å². The van der Waals surface area contributed by atoms with Gasteiger partial charge in [0.1, 0.15) is 0 Å². The summed E-state index contributed by atoms with van der Waals surface area (Å²) in [7, 11) is -3.08. The number of thiophene rings is 1. The average molecular weight is 449 g/mol. The molecule has 1 aromatic carbocycles. The first-order chi connectivity index (χ1) is 14.0. The predicted molar refractivity (Wildman–Crippen MR) is 114 cm³/mol. The fourth-order valence-electron chi connectivity index (χ4n) is 3.27. The Bertz CT molecular complexity index is 1070. The molecular formula is C19H20N4O3S3. The molecule has 1 atom stereocenters. The van der Waals surface area contributed by atoms with Crippen LogP contribution in [-0.2, 0) is 21.2 Å². The van der Waals surface area contributed by atoms with Crippen LogP contribution in [0.1, 0.15) is 12.0 Å². The third-order valence-corrected chi connectivity index (χ3v) is 8.17. The van der Waals surface area contributed by atoms with Gasteiger partial charge in [0.15, 0.2) is 15.7 Å². The van der Waals surface area contributed by atoms with Crippen LogP contribution in [0.25, 0.3) is 10.7 Å². The van der Waals surface area contributed by atoms with Crippen LogP contribution in [0.5, 0.6) is 0 Å². The number of aromatic amines is 1. The van der Waals surface area contributed by atoms with Gasteiger partial charge in [0.25, 0.3) is 0 Å². The molecule has 0 unspecified atom stereocenters. The summed E-state index contributed by atoms with van der Waals surface area (Å²) in [6.07, 6.45) is 0.481. The van der Waals surface area contributed by atoms with Crippen LogP contribution in [0.4, 0.5) is 0 Å². The van der Waals surface area contributed by atoms with Crippen molar-refractivity contribution < 1.29 is 13.2 Å². The molecule has 0 bridgehead atoms. The van der Waals surface area contributed by atoms with E-state index in [2.05, 4.69) is 15.2 Å². The highest BCUT2D eigenvalue weighted by molar-refractivity contribution is 7.99. The smallest absolute Gasteiger partial charge is 0.233 e. The fourth-order valence-corrected chi connectivity index (χ4v) is 6.34. The van der Waals surface area contributed by atoms with Crippen molar-refractivity contribution in [3.8, 4) is 10.7 Å². The lowest BCUT2D eigenvalue weighted by molar-refractivity contribution is -0.130. The maximum Gasteiger partial charge on any atom is 0.233 e. The Balaban J connectivity index is 1.45. The zero-order valence-corrected chi connectivity index (χ0v) is 18.0. The number of carbonyl (C=O) groups excluding carboxylic acids is 1. The summed E-state index contributed by atoms with van der Waals surface area (Å²) in [5.74, 6) is 0.889. The lowest BCUT2D eigenvalue weighted by Gasteiger charge is -2.28. The predicted octanol–water partition coefficient (Wildman–Crippen LogP) is 2.84. The number of hydrogen-bond donors (Lipinski definition) is 1. The molecule has 2 aromatic heterocycles. The molecule has 0 aliphatic carbocycles. The topological polar surface area (TPSA) is 96.0 Å². The monoisotopic (exact) mass is 448 g/mol. The fraction of sp³-hybridized carbons (Fsp3) is 0.316. The molecule has 1 aliphatic heterocycles. The highest BCUT2D eigenvalue weighted by Gasteiger charge is 2.34. The molecule has 3 aromatic rings. The summed E-state index contributed by atoms with van der Waals surface area (Å²) in [6, 6.07) is 13.2. The minimum absolute atomic E-state index is 0.0272. The molecule has 1 aliphatic rings. The summed E-state index contributed by atoms with van der Waals surface area (Å²) in [5, 5.41) is 9.53. The number of amides is 1. The molecule has 4 rings (SSSR count). The van der Waals surface area contributed by atoms with E-state index >= 15 is 0 Å². The van der Waals surface area contributed by atoms with E-state index in [1.165, 1.54) is 11.8 Å². The van der Waals surface area contributed by atoms with Crippen molar-refractivity contribution in [2.75, 3.05) is 17.3 Å². The molecule has 10 heteroatoms. The Kier molecular flexibility index (Phi) is 6.02. The molecule has 0 saturated carbocycles. The van der Waals surface area contributed by atoms with Gasteiger partial charge in [-0.2, -0.15) is 0 Å². The van der Waals surface area contributed by atoms with Crippen molar-refractivity contribution >= 4 is 38.8 Å². The zero-order valence-electron chi connectivity index (χ0n) is 15.5. The number of H-pyrrole nitrogens is 1. The van der Waals surface area contributed by atoms with Crippen LogP contribution >= 0.6 is 23.1 Å². The van der Waals surface area contributed by atoms with Gasteiger partial charge in [-0.3, -0.25) is 9.89 Å². The Morgan fingerprint density at radius 1 is 1.24 bits per heavy atom. The first-order valence-electron chi connectivity index (χ1n) is 9.13. The number of sulfone groups is 1. The van der Waals surface area contributed by atoms with Gasteiger partial charge in [-0.05, 0) is 23.4 Å². The van der Waals surface area contributed by atoms with Crippen molar-refractivity contribution in [3.63, 3.8) is 0 Å². The second-order valence-corrected chi connectivity index (χ2v) is 10.9. The van der Waals surface area contributed by atoms with E-state index in [0.717, 1.165) is 10.4 Å². The minimum Gasteiger partial charge on any atom is -0.334 e. The van der Waals surface area contributed by atoms with E-state index < -0.39 is 9.84 Å². The molecule has 152 valence electrons. The Morgan fingerprint density at radius 3 is 2.76 bits per heavy atom. The molecule has 1 fully saturated rings. The van der Waals surface area contributed by atoms with Gasteiger partial charge < -0.3 is 4.90 Å². The van der Waals surface area contributed by atoms with E-state index in [1.807, 2.05) is 47.8 Å². The Labute approximate surface area is 177 Å². The van der Waals surface area contributed by atoms with E-state index in [4.69, 9.17) is 0 Å². The molecule has 29 heavy (non-hydrogen) atoms. The molecular weight excluding hydrogens is 428 g/mol. The number of benzene rings is 1. The van der Waals surface area contributed by atoms with Crippen LogP contribution in [0, 0.1) is 0 Å². The SMILES string of the molecule is O=C(CSc1n[nH]c(-c2cccs2)n1)N(Cc1ccccc1)[C@@H]1CCS(=O)(=O)C1. The van der Waals surface area contributed by atoms with Gasteiger partial charge in [-0.1, -0.05) is 48.2 Å². The Hall–Kier alpha value is -2.17. The number of thioether (sulfide) groups is 1. The molecule has 1 N–H and O–H groups in total. The van der Waals surface area contributed by atoms with Gasteiger partial charge >= 0.3 is 0 Å². The van der Waals surface area contributed by atoms with Crippen molar-refractivity contribution in [2.45, 2.75) is 24.2 Å². The van der Waals surface area contributed by atoms with Gasteiger partial charge in [-0.15, -0.1) is 16.4 Å². The number of rotatable bonds is 7. The van der Waals surface area contributed by atoms with Crippen molar-refractivity contribution in [3.05, 3.63) is 53.4 Å². The lowest BCUT2D eigenvalue weighted by Crippen LogP contribution is -2.41. The van der Waals surface area contributed by atoms with E-state index in [1.54, 1.807) is 16.2 Å². The summed E-state index contributed by atoms with van der Waals surface area (Å²) in [6.45, 7) is 0.398. The minimum atomic E-state index is -3.08. The van der Waals surface area contributed by atoms with Crippen molar-refractivity contribution in [1.29, 1.82) is 0 Å². The third kappa shape index (κ3) is 5.06. The van der Waals surface area contributed by atoms with Crippen LogP contribution in [0.15, 0.2) is 53.0 Å². The number of nitrogens with zero attached hydrogens (tertiary/aromatic N) is 3. The van der Waals surface area contributed by atoms with Crippen LogP contribution in [0.2, 0.25) is 0 Å². The molecule has 3 heterocycles. The Morgan fingerprint density at radius 2 is 2.07 bits per heavy atom. The quantitative estimate of drug-likeness (QED) is 0.559. The molecule has 7 nitrogen and oxygen atoms in total. The maximum atomic E-state index is 13.0. The summed E-state index contributed by atoms with van der Waals surface area (Å²) < 4.78 is 23.9. The highest BCUT2D eigenvalue weighted by atomic mass is 32.2. The molecule has 1 amide bonds. The average Bonchev–Trinajstić information content (AvgIpc) is 3.45. The standard InChI is InChI=1S/C19H20N4O3S3/c24-17(12-28-19-20-18(21-22-19)16-7-4-9-27-16)23(11-14-5-2-1-3-6-14)15-8-10-29(25,26)13-15/h1-7,9,15H,8,10-13H2,(H,20,21,22)/t15-/m1/s1. The lowest BCUT2D eigenvalue weighted by atomic mass is 10.1. The number of nitrogens with one attached hydrogen (secondary N) is 1. The van der Waals surface area contributed by atoms with Crippen molar-refractivity contribution in [1.82, 2.24) is 20.1 Å². The van der Waals surface area contributed by atoms with Gasteiger partial charge in [0.2, 0.25) is 11.1 Å². The van der Waals surface area contributed by atoms with Crippen molar-refractivity contribution in [2.24, 2.45) is 0 Å². The normalized spacial score (nSPS) is 18.0. The number of aromatic nitrogens is 3. The summed E-state index contributed by atoms with van der Waals surface area (Å²) in [4.78, 5) is 20.1. The number of hydrogen-bond acceptors (Lipinski definition) is 7. The second-order valence-electron chi connectivity index (χ2n) is 6.80. The van der Waals surface area contributed by atoms with Crippen LogP contribution < -0.4 is 0 Å². The molecule has 0 spiro atoms.